The summed E-state index contributed by atoms with van der Waals surface area (Å²) in [7, 11) is -6.67. The Kier molecular flexibility index (Phi) is 61.4. The summed E-state index contributed by atoms with van der Waals surface area (Å²) in [5.74, 6) is 0. The summed E-state index contributed by atoms with van der Waals surface area (Å²) in [5, 5.41) is 22.7. The van der Waals surface area contributed by atoms with Crippen LogP contribution in [0.3, 0.4) is 0 Å². The molecule has 40 atom stereocenters. The van der Waals surface area contributed by atoms with Crippen LogP contribution in [0.25, 0.3) is 19.4 Å². The quantitative estimate of drug-likeness (QED) is 0.0125. The average Bonchev–Trinajstić information content (AvgIpc) is 1.65. The predicted octanol–water partition coefficient (Wildman–Crippen LogP) is 12.6. The number of rotatable bonds is 34. The number of aliphatic hydroxyl groups is 5. The lowest BCUT2D eigenvalue weighted by Gasteiger charge is -2.37. The number of hydrogen-bond acceptors (Lipinski definition) is 36. The van der Waals surface area contributed by atoms with Crippen molar-refractivity contribution in [3.63, 3.8) is 0 Å². The van der Waals surface area contributed by atoms with Crippen LogP contribution in [0.1, 0.15) is 144 Å². The Hall–Kier alpha value is -0.850. The highest BCUT2D eigenvalue weighted by atomic mass is 32.5. The molecule has 9 aliphatic rings. The Labute approximate surface area is 825 Å². The van der Waals surface area contributed by atoms with Gasteiger partial charge < -0.3 is 128 Å². The van der Waals surface area contributed by atoms with Crippen molar-refractivity contribution in [3.8, 4) is 0 Å². The van der Waals surface area contributed by atoms with Crippen LogP contribution in [0.15, 0.2) is 0 Å². The number of hydrogen-bond donors (Lipinski definition) is 9. The first-order valence-electron chi connectivity index (χ1n) is 46.6. The molecule has 9 heterocycles. The van der Waals surface area contributed by atoms with E-state index < -0.39 is 271 Å². The van der Waals surface area contributed by atoms with Crippen molar-refractivity contribution in [2.75, 3.05) is 107 Å². The normalized spacial score (nSPS) is 37.9. The molecule has 60 heteroatoms. The van der Waals surface area contributed by atoms with Gasteiger partial charge in [-0.2, -0.15) is 0 Å². The second-order valence-corrected chi connectivity index (χ2v) is 44.4. The summed E-state index contributed by atoms with van der Waals surface area (Å²) < 4.78 is 325. The molecule has 9 fully saturated rings. The molecular formula is C76H141F8N6O35P8S3+3. The van der Waals surface area contributed by atoms with Crippen molar-refractivity contribution in [2.24, 2.45) is 0 Å². The van der Waals surface area contributed by atoms with Gasteiger partial charge in [-0.1, -0.05) is 0 Å². The van der Waals surface area contributed by atoms with Gasteiger partial charge in [0.05, 0.1) is 99.7 Å². The summed E-state index contributed by atoms with van der Waals surface area (Å²) in [5.41, 5.74) is 0. The molecule has 9 N–H and O–H groups in total. The number of aliphatic hydroxyl groups excluding tert-OH is 5. The minimum absolute atomic E-state index is 0.00299. The molecule has 0 aliphatic carbocycles. The van der Waals surface area contributed by atoms with E-state index in [1.165, 1.54) is 70.0 Å². The monoisotopic (exact) mass is 2210 g/mol. The van der Waals surface area contributed by atoms with Gasteiger partial charge in [0.25, 0.3) is 17.1 Å². The van der Waals surface area contributed by atoms with Crippen molar-refractivity contribution < 1.29 is 205 Å². The maximum Gasteiger partial charge on any atom is 0.695 e. The molecule has 796 valence electrons. The van der Waals surface area contributed by atoms with Gasteiger partial charge in [-0.3, -0.25) is 13.6 Å². The Balaban J connectivity index is 0.00000170. The zero-order chi connectivity index (χ0) is 111. The van der Waals surface area contributed by atoms with E-state index in [0.717, 1.165) is 0 Å². The summed E-state index contributed by atoms with van der Waals surface area (Å²) >= 11 is 15.7. The molecule has 9 saturated heterocycles. The van der Waals surface area contributed by atoms with Crippen LogP contribution < -0.4 is 0 Å². The van der Waals surface area contributed by atoms with Gasteiger partial charge in [0.1, 0.15) is 81.4 Å². The molecule has 9 aliphatic heterocycles. The number of alkyl halides is 8. The van der Waals surface area contributed by atoms with Crippen LogP contribution in [0, 0.1) is 26.3 Å². The third-order valence-electron chi connectivity index (χ3n) is 19.5. The fourth-order valence-electron chi connectivity index (χ4n) is 13.4. The van der Waals surface area contributed by atoms with E-state index in [2.05, 4.69) is 58.2 Å². The van der Waals surface area contributed by atoms with E-state index in [-0.39, 0.29) is 118 Å². The standard InChI is InChI=1S/C15H23F2NO8P2S2.C15H23F2NO8P2S.2C15H28FN2O3P.C6H10FO5P.C6H10FO4P.4CH4O/c1-8-12(16)14-11(24-8)7-22-28(30,20-5-4-18-3)26-15-10(23-9(2)13(15)17)6-21-27(19,29)25-14;1-8-12(16)14(10(3)23-8)26-28(29,21-6-5-18-4)22-7-11-15(25-27(19)20)13(17)9(2)24-11;2*1-10(2)18(11(3)4)22(19-9-8-17-7)21-15-13(6)20-12(5)14(15)16;1-3-5(7)6(12-13(9)10)4(2-8)11-3;1-3-5(7)6(4(2)10-3)11-12(8)9;4*1-2/h8-15H,4-7H2,1-2H3,(H,19,29);8-15H,5-7H2,1-3H3;2*10-15H,8-9H2,1-6H3;3-6,8H,2H2,1H3;3-6H,1-2H3;4*2H,1H3/p+3/t8-,9-,10+,11+,12-,13-,14+,15+,27?,28?;8-,9-,10+,11+,12-,13-,14?,15+,28?;12?,13-,14+,15-,22?;12-,13+,14-,15+,22?;2*3?,4-,5+,6-;;;;/m001011..../s1/i;3D;2*6D;;2D;4*2T. The third-order valence-corrected chi connectivity index (χ3v) is 31.3. The van der Waals surface area contributed by atoms with E-state index in [4.69, 9.17) is 189 Å². The highest BCUT2D eigenvalue weighted by Crippen LogP contribution is 2.58. The molecule has 136 heavy (non-hydrogen) atoms. The molecule has 0 radical (unpaired) electrons. The maximum absolute atomic E-state index is 14.7. The van der Waals surface area contributed by atoms with Gasteiger partial charge in [-0.15, -0.1) is 28.3 Å². The number of ether oxygens (including phenoxy) is 8. The number of halogens is 8. The van der Waals surface area contributed by atoms with Gasteiger partial charge in [0, 0.05) is 71.8 Å². The minimum Gasteiger partial charge on any atom is -0.400 e. The Morgan fingerprint density at radius 1 is 0.463 bits per heavy atom. The predicted molar refractivity (Wildman–Crippen MR) is 495 cm³/mol. The summed E-state index contributed by atoms with van der Waals surface area (Å²) in [4.78, 5) is 49.0. The van der Waals surface area contributed by atoms with Gasteiger partial charge in [-0.05, 0) is 174 Å². The number of fused-ring (bicyclic) bond motifs is 2. The smallest absolute Gasteiger partial charge is 0.400 e. The van der Waals surface area contributed by atoms with Gasteiger partial charge >= 0.3 is 44.9 Å². The molecule has 0 aromatic heterocycles. The molecule has 0 amide bonds. The van der Waals surface area contributed by atoms with E-state index in [1.807, 2.05) is 55.4 Å². The zero-order valence-electron chi connectivity index (χ0n) is 87.1. The van der Waals surface area contributed by atoms with Crippen LogP contribution in [0.4, 0.5) is 35.1 Å². The van der Waals surface area contributed by atoms with Crippen molar-refractivity contribution >= 4 is 97.4 Å². The lowest BCUT2D eigenvalue weighted by molar-refractivity contribution is -0.0409. The van der Waals surface area contributed by atoms with Crippen LogP contribution >= 0.6 is 62.0 Å². The molecule has 41 nitrogen and oxygen atoms in total. The Morgan fingerprint density at radius 3 is 1.15 bits per heavy atom. The van der Waals surface area contributed by atoms with E-state index in [0.29, 0.717) is 0 Å². The topological polar surface area (TPSA) is 469 Å². The lowest BCUT2D eigenvalue weighted by Crippen LogP contribution is -2.37. The average molecular weight is 2210 g/mol. The molecule has 9 rings (SSSR count). The van der Waals surface area contributed by atoms with Crippen molar-refractivity contribution in [2.45, 2.75) is 358 Å². The van der Waals surface area contributed by atoms with Gasteiger partial charge in [0.15, 0.2) is 67.7 Å². The highest BCUT2D eigenvalue weighted by molar-refractivity contribution is 8.08. The summed E-state index contributed by atoms with van der Waals surface area (Å²) in [6, 6.07) is 0.616. The van der Waals surface area contributed by atoms with Crippen LogP contribution in [-0.2, 0) is 155 Å². The third kappa shape index (κ3) is 44.7. The molecular weight excluding hydrogens is 2050 g/mol. The van der Waals surface area contributed by atoms with Gasteiger partial charge in [-0.25, -0.2) is 70.8 Å². The Bertz CT molecular complexity index is 3740. The Morgan fingerprint density at radius 2 is 0.772 bits per heavy atom. The zero-order valence-corrected chi connectivity index (χ0v) is 88.7. The summed E-state index contributed by atoms with van der Waals surface area (Å²) in [6.45, 7) is 43.3. The molecule has 0 aromatic rings. The molecule has 0 aromatic carbocycles. The largest absolute Gasteiger partial charge is 0.695 e. The maximum atomic E-state index is 14.7. The first kappa shape index (κ1) is 120. The SMILES string of the molecule is CC1O[C@H](CO)[C@@H](O[P+](=O)O)[C@H]1F.[2H]C[C@H]1OC(C)[C@H](F)[C@@H]1OP(OCC[N+]#[C-])N(C(C)C)C(C)C.[2H]C[C@H]1OC(C)[C@H](F)[C@@H]1O[P+](=O)O.[2H]C[C@H]1O[C@@H](C)[C@H](F)C1OP(=S)(OCC[N+]#[C-])OC[C@H]1O[C@@H](C)[C@H](F)[C@@H]1O[P+](=O)O.[2H]C[C@H]1O[C@@H](C)[C@H](F)[C@@H]1OP(OCC[N+]#[C-])N(C(C)C)C(C)C.[3H]OC.[3H]OC.[3H]OC.[3H]OC.[C-]#[N+]CCOP1(=S)OC[C@H]2O[C@@H](C)[C@H](F)[C@@H]2OP(O)(=S)OC[C@H]2O[C@@H](C)[C@H](F)[C@@H]2O1. The van der Waals surface area contributed by atoms with Crippen LogP contribution in [0.5, 0.6) is 0 Å². The van der Waals surface area contributed by atoms with Gasteiger partial charge in [0.2, 0.25) is 31.9 Å². The van der Waals surface area contributed by atoms with E-state index in [1.54, 1.807) is 13.8 Å². The molecule has 0 bridgehead atoms. The van der Waals surface area contributed by atoms with Crippen molar-refractivity contribution in [3.05, 3.63) is 45.7 Å². The number of nitrogens with zero attached hydrogens (tertiary/aromatic N) is 6. The fraction of sp³-hybridized carbons (Fsp3) is 0.947. The van der Waals surface area contributed by atoms with Crippen LogP contribution in [0.2, 0.25) is 0 Å². The second kappa shape index (κ2) is 69.4. The van der Waals surface area contributed by atoms with Crippen molar-refractivity contribution in [1.82, 2.24) is 9.34 Å². The first-order valence-corrected chi connectivity index (χ1v) is 55.5. The minimum atomic E-state index is -3.90. The first-order chi connectivity index (χ1) is 67.6. The highest BCUT2D eigenvalue weighted by Gasteiger charge is 2.56. The molecule has 12 unspecified atom stereocenters. The lowest BCUT2D eigenvalue weighted by atomic mass is 10.1. The summed E-state index contributed by atoms with van der Waals surface area (Å²) in [6.07, 6.45) is -33.7. The second-order valence-electron chi connectivity index (χ2n) is 30.8. The fourth-order valence-corrected chi connectivity index (χ4v) is 23.9. The van der Waals surface area contributed by atoms with Crippen LogP contribution in [-0.4, -0.2) is 388 Å². The molecule has 0 saturated carbocycles. The molecule has 0 spiro atoms. The van der Waals surface area contributed by atoms with Crippen molar-refractivity contribution in [1.29, 1.82) is 5.72 Å². The van der Waals surface area contributed by atoms with E-state index in [9.17, 15) is 53.7 Å². The van der Waals surface area contributed by atoms with E-state index >= 15 is 0 Å².